The molecule has 5 heteroatoms. The van der Waals surface area contributed by atoms with E-state index in [1.807, 2.05) is 42.7 Å². The van der Waals surface area contributed by atoms with Gasteiger partial charge in [0.15, 0.2) is 0 Å². The Balaban J connectivity index is 1.68. The summed E-state index contributed by atoms with van der Waals surface area (Å²) in [6.07, 6.45) is 3.52. The average Bonchev–Trinajstić information content (AvgIpc) is 2.73. The van der Waals surface area contributed by atoms with Crippen molar-refractivity contribution in [2.24, 2.45) is 0 Å². The topological polar surface area (TPSA) is 46.5 Å². The fourth-order valence-corrected chi connectivity index (χ4v) is 3.50. The van der Waals surface area contributed by atoms with Crippen molar-refractivity contribution in [3.05, 3.63) is 83.7 Å². The highest BCUT2D eigenvalue weighted by atomic mass is 32.2. The molecule has 0 aliphatic carbocycles. The number of rotatable bonds is 9. The quantitative estimate of drug-likeness (QED) is 0.427. The van der Waals surface area contributed by atoms with Gasteiger partial charge in [-0.2, -0.15) is 0 Å². The molecule has 29 heavy (non-hydrogen) atoms. The maximum absolute atomic E-state index is 13.8. The number of aliphatic carboxylic acids is 1. The number of benzene rings is 3. The molecule has 0 amide bonds. The van der Waals surface area contributed by atoms with Crippen LogP contribution in [0.5, 0.6) is 5.75 Å². The highest BCUT2D eigenvalue weighted by molar-refractivity contribution is 7.98. The van der Waals surface area contributed by atoms with Gasteiger partial charge in [-0.1, -0.05) is 30.3 Å². The second-order valence-corrected chi connectivity index (χ2v) is 7.59. The minimum atomic E-state index is -0.779. The summed E-state index contributed by atoms with van der Waals surface area (Å²) in [5, 5.41) is 8.72. The number of thioether (sulfide) groups is 1. The molecule has 150 valence electrons. The molecule has 0 saturated heterocycles. The van der Waals surface area contributed by atoms with Gasteiger partial charge in [0.2, 0.25) is 0 Å². The van der Waals surface area contributed by atoms with Crippen molar-refractivity contribution in [3.63, 3.8) is 0 Å². The summed E-state index contributed by atoms with van der Waals surface area (Å²) < 4.78 is 19.7. The van der Waals surface area contributed by atoms with Crippen molar-refractivity contribution in [3.8, 4) is 16.9 Å². The van der Waals surface area contributed by atoms with Crippen LogP contribution >= 0.6 is 11.8 Å². The van der Waals surface area contributed by atoms with Crippen LogP contribution in [0.2, 0.25) is 0 Å². The average molecular weight is 411 g/mol. The van der Waals surface area contributed by atoms with Crippen molar-refractivity contribution < 1.29 is 19.0 Å². The Labute approximate surface area is 174 Å². The number of carboxylic acid groups (broad SMARTS) is 1. The number of aryl methyl sites for hydroxylation is 1. The van der Waals surface area contributed by atoms with Gasteiger partial charge in [0.05, 0.1) is 0 Å². The number of halogens is 1. The van der Waals surface area contributed by atoms with Crippen LogP contribution in [0, 0.1) is 5.82 Å². The van der Waals surface area contributed by atoms with E-state index in [0.717, 1.165) is 22.3 Å². The largest absolute Gasteiger partial charge is 0.489 e. The number of hydrogen-bond acceptors (Lipinski definition) is 3. The molecule has 0 saturated carbocycles. The molecule has 3 rings (SSSR count). The summed E-state index contributed by atoms with van der Waals surface area (Å²) in [6, 6.07) is 20.5. The van der Waals surface area contributed by atoms with E-state index in [9.17, 15) is 9.18 Å². The van der Waals surface area contributed by atoms with Gasteiger partial charge in [0.1, 0.15) is 18.2 Å². The first-order valence-corrected chi connectivity index (χ1v) is 10.6. The van der Waals surface area contributed by atoms with E-state index in [0.29, 0.717) is 18.6 Å². The summed E-state index contributed by atoms with van der Waals surface area (Å²) in [6.45, 7) is 0.260. The SMILES string of the molecule is CSc1ccc(-c2ccc(F)cc2COc2ccc(CCCC(=O)O)cc2)cc1. The van der Waals surface area contributed by atoms with E-state index in [1.54, 1.807) is 17.8 Å². The summed E-state index contributed by atoms with van der Waals surface area (Å²) >= 11 is 1.68. The third kappa shape index (κ3) is 6.09. The van der Waals surface area contributed by atoms with Crippen molar-refractivity contribution in [1.29, 1.82) is 0 Å². The molecular formula is C24H23FO3S. The lowest BCUT2D eigenvalue weighted by atomic mass is 10.00. The summed E-state index contributed by atoms with van der Waals surface area (Å²) in [4.78, 5) is 11.8. The molecule has 0 aliphatic heterocycles. The Bertz CT molecular complexity index is 953. The molecule has 0 radical (unpaired) electrons. The zero-order valence-electron chi connectivity index (χ0n) is 16.2. The van der Waals surface area contributed by atoms with Crippen LogP contribution in [0.25, 0.3) is 11.1 Å². The van der Waals surface area contributed by atoms with Crippen LogP contribution in [-0.2, 0) is 17.8 Å². The number of carbonyl (C=O) groups is 1. The van der Waals surface area contributed by atoms with Crippen LogP contribution in [0.1, 0.15) is 24.0 Å². The van der Waals surface area contributed by atoms with E-state index in [-0.39, 0.29) is 18.8 Å². The maximum atomic E-state index is 13.8. The lowest BCUT2D eigenvalue weighted by molar-refractivity contribution is -0.137. The van der Waals surface area contributed by atoms with Gasteiger partial charge >= 0.3 is 5.97 Å². The fraction of sp³-hybridized carbons (Fsp3) is 0.208. The third-order valence-electron chi connectivity index (χ3n) is 4.64. The highest BCUT2D eigenvalue weighted by Crippen LogP contribution is 2.28. The molecule has 0 unspecified atom stereocenters. The van der Waals surface area contributed by atoms with Gasteiger partial charge < -0.3 is 9.84 Å². The first kappa shape index (κ1) is 20.9. The van der Waals surface area contributed by atoms with Gasteiger partial charge in [-0.3, -0.25) is 4.79 Å². The summed E-state index contributed by atoms with van der Waals surface area (Å²) in [7, 11) is 0. The Morgan fingerprint density at radius 2 is 1.76 bits per heavy atom. The van der Waals surface area contributed by atoms with Crippen molar-refractivity contribution >= 4 is 17.7 Å². The van der Waals surface area contributed by atoms with E-state index in [4.69, 9.17) is 9.84 Å². The fourth-order valence-electron chi connectivity index (χ4n) is 3.09. The van der Waals surface area contributed by atoms with Crippen LogP contribution in [-0.4, -0.2) is 17.3 Å². The monoisotopic (exact) mass is 410 g/mol. The molecule has 3 aromatic carbocycles. The lowest BCUT2D eigenvalue weighted by Crippen LogP contribution is -1.99. The number of hydrogen-bond donors (Lipinski definition) is 1. The van der Waals surface area contributed by atoms with Gasteiger partial charge in [-0.05, 0) is 77.7 Å². The first-order valence-electron chi connectivity index (χ1n) is 9.41. The minimum absolute atomic E-state index is 0.165. The van der Waals surface area contributed by atoms with Gasteiger partial charge in [-0.25, -0.2) is 4.39 Å². The highest BCUT2D eigenvalue weighted by Gasteiger charge is 2.08. The summed E-state index contributed by atoms with van der Waals surface area (Å²) in [5.41, 5.74) is 3.82. The van der Waals surface area contributed by atoms with Gasteiger partial charge in [-0.15, -0.1) is 11.8 Å². The minimum Gasteiger partial charge on any atom is -0.489 e. The molecule has 1 N–H and O–H groups in total. The van der Waals surface area contributed by atoms with Crippen molar-refractivity contribution in [2.45, 2.75) is 30.8 Å². The first-order chi connectivity index (χ1) is 14.0. The Hall–Kier alpha value is -2.79. The molecular weight excluding hydrogens is 387 g/mol. The number of carboxylic acids is 1. The molecule has 3 aromatic rings. The molecule has 0 aliphatic rings. The summed E-state index contributed by atoms with van der Waals surface area (Å²) in [5.74, 6) is -0.374. The maximum Gasteiger partial charge on any atom is 0.303 e. The predicted octanol–water partition coefficient (Wildman–Crippen LogP) is 6.20. The predicted molar refractivity (Wildman–Crippen MR) is 115 cm³/mol. The van der Waals surface area contributed by atoms with Crippen LogP contribution in [0.4, 0.5) is 4.39 Å². The molecule has 0 fully saturated rings. The standard InChI is InChI=1S/C24H23FO3S/c1-29-22-12-7-18(8-13-22)23-14-9-20(25)15-19(23)16-28-21-10-5-17(6-11-21)3-2-4-24(26)27/h5-15H,2-4,16H2,1H3,(H,26,27). The Morgan fingerprint density at radius 1 is 1.03 bits per heavy atom. The van der Waals surface area contributed by atoms with Gasteiger partial charge in [0.25, 0.3) is 0 Å². The molecule has 3 nitrogen and oxygen atoms in total. The smallest absolute Gasteiger partial charge is 0.303 e. The molecule has 0 spiro atoms. The van der Waals surface area contributed by atoms with Crippen molar-refractivity contribution in [1.82, 2.24) is 0 Å². The van der Waals surface area contributed by atoms with E-state index >= 15 is 0 Å². The van der Waals surface area contributed by atoms with Crippen LogP contribution in [0.3, 0.4) is 0 Å². The van der Waals surface area contributed by atoms with E-state index < -0.39 is 5.97 Å². The normalized spacial score (nSPS) is 10.7. The molecule has 0 aromatic heterocycles. The van der Waals surface area contributed by atoms with Crippen LogP contribution in [0.15, 0.2) is 71.6 Å². The second kappa shape index (κ2) is 10.1. The molecule has 0 heterocycles. The Kier molecular flexibility index (Phi) is 7.30. The van der Waals surface area contributed by atoms with Crippen LogP contribution < -0.4 is 4.74 Å². The lowest BCUT2D eigenvalue weighted by Gasteiger charge is -2.13. The Morgan fingerprint density at radius 3 is 2.41 bits per heavy atom. The van der Waals surface area contributed by atoms with E-state index in [2.05, 4.69) is 12.1 Å². The van der Waals surface area contributed by atoms with Gasteiger partial charge in [0, 0.05) is 11.3 Å². The number of ether oxygens (including phenoxy) is 1. The molecule has 0 bridgehead atoms. The zero-order valence-corrected chi connectivity index (χ0v) is 17.0. The third-order valence-corrected chi connectivity index (χ3v) is 5.39. The molecule has 0 atom stereocenters. The van der Waals surface area contributed by atoms with E-state index in [1.165, 1.54) is 17.0 Å². The zero-order chi connectivity index (χ0) is 20.6. The second-order valence-electron chi connectivity index (χ2n) is 6.71. The van der Waals surface area contributed by atoms with Crippen molar-refractivity contribution in [2.75, 3.05) is 6.26 Å².